The molecule has 1 atom stereocenters. The summed E-state index contributed by atoms with van der Waals surface area (Å²) in [4.78, 5) is 12.9. The smallest absolute Gasteiger partial charge is 0.138 e. The van der Waals surface area contributed by atoms with E-state index in [0.29, 0.717) is 17.3 Å². The van der Waals surface area contributed by atoms with E-state index in [1.165, 1.54) is 10.9 Å². The number of pyridine rings is 2. The first kappa shape index (κ1) is 19.1. The monoisotopic (exact) mass is 434 g/mol. The first-order valence-electron chi connectivity index (χ1n) is 9.61. The average molecular weight is 435 g/mol. The van der Waals surface area contributed by atoms with E-state index in [0.717, 1.165) is 32.5 Å². The summed E-state index contributed by atoms with van der Waals surface area (Å²) in [5.41, 5.74) is 9.31. The predicted octanol–water partition coefficient (Wildman–Crippen LogP) is 5.44. The lowest BCUT2D eigenvalue weighted by molar-refractivity contribution is 0.209. The van der Waals surface area contributed by atoms with Gasteiger partial charge in [-0.15, -0.1) is 11.3 Å². The Labute approximate surface area is 182 Å². The second-order valence-electron chi connectivity index (χ2n) is 7.09. The number of benzene rings is 1. The molecule has 0 amide bonds. The zero-order chi connectivity index (χ0) is 20.5. The van der Waals surface area contributed by atoms with Crippen LogP contribution in [-0.2, 0) is 6.42 Å². The maximum absolute atomic E-state index is 6.27. The van der Waals surface area contributed by atoms with Gasteiger partial charge in [0.05, 0.1) is 15.9 Å². The van der Waals surface area contributed by atoms with Gasteiger partial charge in [-0.05, 0) is 23.8 Å². The highest BCUT2D eigenvalue weighted by Crippen LogP contribution is 2.37. The van der Waals surface area contributed by atoms with E-state index < -0.39 is 0 Å². The molecular formula is C23H19ClN4OS. The normalized spacial score (nSPS) is 12.5. The highest BCUT2D eigenvalue weighted by molar-refractivity contribution is 7.22. The fraction of sp³-hybridized carbons (Fsp3) is 0.130. The molecule has 0 saturated heterocycles. The van der Waals surface area contributed by atoms with Gasteiger partial charge in [0.15, 0.2) is 0 Å². The van der Waals surface area contributed by atoms with Gasteiger partial charge >= 0.3 is 0 Å². The van der Waals surface area contributed by atoms with Crippen molar-refractivity contribution in [3.05, 3.63) is 78.0 Å². The topological polar surface area (TPSA) is 76.8 Å². The molecule has 4 heterocycles. The molecule has 5 nitrogen and oxygen atoms in total. The van der Waals surface area contributed by atoms with Crippen LogP contribution in [0.4, 0.5) is 0 Å². The van der Waals surface area contributed by atoms with Gasteiger partial charge in [-0.2, -0.15) is 0 Å². The fourth-order valence-electron chi connectivity index (χ4n) is 3.60. The molecule has 5 rings (SSSR count). The number of fused-ring (bicyclic) bond motifs is 2. The van der Waals surface area contributed by atoms with Crippen LogP contribution in [0.3, 0.4) is 0 Å². The van der Waals surface area contributed by atoms with Gasteiger partial charge in [0, 0.05) is 64.5 Å². The molecule has 0 aliphatic carbocycles. The number of thiophene rings is 1. The van der Waals surface area contributed by atoms with Crippen LogP contribution in [0.2, 0.25) is 5.02 Å². The van der Waals surface area contributed by atoms with Gasteiger partial charge in [-0.25, -0.2) is 0 Å². The van der Waals surface area contributed by atoms with Crippen LogP contribution in [-0.4, -0.2) is 27.6 Å². The highest BCUT2D eigenvalue weighted by Gasteiger charge is 2.14. The summed E-state index contributed by atoms with van der Waals surface area (Å²) in [6.45, 7) is 0.411. The molecule has 7 heteroatoms. The number of halogens is 1. The maximum atomic E-state index is 6.27. The van der Waals surface area contributed by atoms with Crippen molar-refractivity contribution < 1.29 is 4.74 Å². The van der Waals surface area contributed by atoms with Crippen molar-refractivity contribution in [2.75, 3.05) is 6.54 Å². The van der Waals surface area contributed by atoms with E-state index in [9.17, 15) is 0 Å². The standard InChI is InChI=1S/C23H19ClN4OS/c24-20-12-27-13-23-19(20)7-22(30-23)15-6-17(11-26-9-15)29-16(8-25)5-14-10-28-21-4-2-1-3-18(14)21/h1-4,6-7,9-13,16,28H,5,8,25H2. The van der Waals surface area contributed by atoms with Crippen molar-refractivity contribution in [3.8, 4) is 16.2 Å². The van der Waals surface area contributed by atoms with Crippen LogP contribution >= 0.6 is 22.9 Å². The van der Waals surface area contributed by atoms with Crippen molar-refractivity contribution in [3.63, 3.8) is 0 Å². The number of nitrogens with zero attached hydrogens (tertiary/aromatic N) is 2. The Morgan fingerprint density at radius 3 is 2.80 bits per heavy atom. The summed E-state index contributed by atoms with van der Waals surface area (Å²) in [6, 6.07) is 12.3. The molecule has 0 aliphatic heterocycles. The van der Waals surface area contributed by atoms with Gasteiger partial charge in [0.25, 0.3) is 0 Å². The summed E-state index contributed by atoms with van der Waals surface area (Å²) in [5.74, 6) is 0.699. The first-order chi connectivity index (χ1) is 14.7. The van der Waals surface area contributed by atoms with Gasteiger partial charge in [0.1, 0.15) is 11.9 Å². The lowest BCUT2D eigenvalue weighted by Crippen LogP contribution is -2.29. The molecule has 4 aromatic heterocycles. The molecule has 0 saturated carbocycles. The molecule has 150 valence electrons. The number of rotatable bonds is 6. The third-order valence-corrected chi connectivity index (χ3v) is 6.50. The minimum atomic E-state index is -0.151. The minimum Gasteiger partial charge on any atom is -0.487 e. The second-order valence-corrected chi connectivity index (χ2v) is 8.58. The largest absolute Gasteiger partial charge is 0.487 e. The second kappa shape index (κ2) is 8.07. The number of H-pyrrole nitrogens is 1. The summed E-state index contributed by atoms with van der Waals surface area (Å²) >= 11 is 7.90. The van der Waals surface area contributed by atoms with Gasteiger partial charge in [-0.3, -0.25) is 9.97 Å². The summed E-state index contributed by atoms with van der Waals surface area (Å²) in [5, 5.41) is 2.84. The first-order valence-corrected chi connectivity index (χ1v) is 10.8. The number of aromatic amines is 1. The van der Waals surface area contributed by atoms with Crippen LogP contribution in [0.25, 0.3) is 31.4 Å². The molecule has 0 aliphatic rings. The van der Waals surface area contributed by atoms with E-state index in [-0.39, 0.29) is 6.10 Å². The number of nitrogens with one attached hydrogen (secondary N) is 1. The molecule has 5 aromatic rings. The predicted molar refractivity (Wildman–Crippen MR) is 123 cm³/mol. The van der Waals surface area contributed by atoms with Crippen molar-refractivity contribution in [2.45, 2.75) is 12.5 Å². The van der Waals surface area contributed by atoms with Gasteiger partial charge in [-0.1, -0.05) is 29.8 Å². The Bertz CT molecular complexity index is 1330. The Morgan fingerprint density at radius 1 is 1.07 bits per heavy atom. The zero-order valence-electron chi connectivity index (χ0n) is 16.0. The van der Waals surface area contributed by atoms with E-state index in [4.69, 9.17) is 22.1 Å². The third kappa shape index (κ3) is 3.65. The van der Waals surface area contributed by atoms with E-state index >= 15 is 0 Å². The number of aromatic nitrogens is 3. The summed E-state index contributed by atoms with van der Waals surface area (Å²) in [7, 11) is 0. The summed E-state index contributed by atoms with van der Waals surface area (Å²) in [6.07, 6.45) is 9.64. The molecule has 3 N–H and O–H groups in total. The van der Waals surface area contributed by atoms with Crippen LogP contribution in [0, 0.1) is 0 Å². The van der Waals surface area contributed by atoms with E-state index in [2.05, 4.69) is 33.2 Å². The molecule has 0 radical (unpaired) electrons. The molecule has 30 heavy (non-hydrogen) atoms. The zero-order valence-corrected chi connectivity index (χ0v) is 17.6. The molecule has 0 spiro atoms. The van der Waals surface area contributed by atoms with Crippen LogP contribution in [0.15, 0.2) is 67.4 Å². The van der Waals surface area contributed by atoms with Crippen molar-refractivity contribution in [2.24, 2.45) is 5.73 Å². The number of hydrogen-bond acceptors (Lipinski definition) is 5. The van der Waals surface area contributed by atoms with E-state index in [1.807, 2.05) is 36.8 Å². The highest BCUT2D eigenvalue weighted by atomic mass is 35.5. The molecule has 0 fully saturated rings. The Kier molecular flexibility index (Phi) is 5.12. The average Bonchev–Trinajstić information content (AvgIpc) is 3.39. The van der Waals surface area contributed by atoms with Crippen LogP contribution < -0.4 is 10.5 Å². The lowest BCUT2D eigenvalue weighted by atomic mass is 10.1. The number of nitrogens with two attached hydrogens (primary N) is 1. The van der Waals surface area contributed by atoms with Crippen LogP contribution in [0.5, 0.6) is 5.75 Å². The van der Waals surface area contributed by atoms with E-state index in [1.54, 1.807) is 23.7 Å². The van der Waals surface area contributed by atoms with Gasteiger partial charge in [0.2, 0.25) is 0 Å². The number of para-hydroxylation sites is 1. The summed E-state index contributed by atoms with van der Waals surface area (Å²) < 4.78 is 7.26. The lowest BCUT2D eigenvalue weighted by Gasteiger charge is -2.17. The fourth-order valence-corrected chi connectivity index (χ4v) is 4.90. The maximum Gasteiger partial charge on any atom is 0.138 e. The number of hydrogen-bond donors (Lipinski definition) is 2. The molecular weight excluding hydrogens is 416 g/mol. The Balaban J connectivity index is 1.39. The van der Waals surface area contributed by atoms with Crippen molar-refractivity contribution in [1.29, 1.82) is 0 Å². The minimum absolute atomic E-state index is 0.151. The van der Waals surface area contributed by atoms with Crippen molar-refractivity contribution in [1.82, 2.24) is 15.0 Å². The molecule has 0 bridgehead atoms. The Hall–Kier alpha value is -2.93. The van der Waals surface area contributed by atoms with Crippen molar-refractivity contribution >= 4 is 43.9 Å². The van der Waals surface area contributed by atoms with Crippen LogP contribution in [0.1, 0.15) is 5.56 Å². The third-order valence-electron chi connectivity index (χ3n) is 5.08. The van der Waals surface area contributed by atoms with Gasteiger partial charge < -0.3 is 15.5 Å². The Morgan fingerprint density at radius 2 is 1.93 bits per heavy atom. The quantitative estimate of drug-likeness (QED) is 0.373. The molecule has 1 aromatic carbocycles. The molecule has 1 unspecified atom stereocenters. The SMILES string of the molecule is NCC(Cc1c[nH]c2ccccc12)Oc1cncc(-c2cc3c(Cl)cncc3s2)c1. The number of ether oxygens (including phenoxy) is 1.